The molecule has 0 unspecified atom stereocenters. The van der Waals surface area contributed by atoms with Crippen molar-refractivity contribution in [2.45, 2.75) is 19.4 Å². The predicted molar refractivity (Wildman–Crippen MR) is 72.4 cm³/mol. The van der Waals surface area contributed by atoms with E-state index in [0.29, 0.717) is 0 Å². The van der Waals surface area contributed by atoms with Gasteiger partial charge in [-0.15, -0.1) is 0 Å². The lowest BCUT2D eigenvalue weighted by atomic mass is 9.96. The first-order valence-electron chi connectivity index (χ1n) is 6.67. The van der Waals surface area contributed by atoms with Crippen molar-refractivity contribution >= 4 is 11.4 Å². The lowest BCUT2D eigenvalue weighted by molar-refractivity contribution is -0.123. The molecule has 1 fully saturated rings. The van der Waals surface area contributed by atoms with Gasteiger partial charge in [0.15, 0.2) is 0 Å². The number of amides is 1. The highest BCUT2D eigenvalue weighted by molar-refractivity contribution is 5.76. The molecular weight excluding hydrogens is 240 g/mol. The highest BCUT2D eigenvalue weighted by atomic mass is 16.1. The number of pyridine rings is 1. The summed E-state index contributed by atoms with van der Waals surface area (Å²) in [5.41, 5.74) is 7.65. The topological polar surface area (TPSA) is 63.6 Å². The summed E-state index contributed by atoms with van der Waals surface area (Å²) in [5.74, 6) is -0.106. The van der Waals surface area contributed by atoms with Crippen LogP contribution in [0.2, 0.25) is 0 Å². The number of nitrogens with zero attached hydrogens (tertiary/aromatic N) is 3. The van der Waals surface area contributed by atoms with E-state index in [-0.39, 0.29) is 11.8 Å². The summed E-state index contributed by atoms with van der Waals surface area (Å²) in [4.78, 5) is 13.5. The fraction of sp³-hybridized carbons (Fsp3) is 0.429. The number of rotatable bonds is 3. The predicted octanol–water partition coefficient (Wildman–Crippen LogP) is 1.03. The number of fused-ring (bicyclic) bond motifs is 1. The van der Waals surface area contributed by atoms with Gasteiger partial charge < -0.3 is 5.73 Å². The Hall–Kier alpha value is -1.88. The smallest absolute Gasteiger partial charge is 0.220 e. The van der Waals surface area contributed by atoms with Crippen LogP contribution >= 0.6 is 0 Å². The van der Waals surface area contributed by atoms with Crippen molar-refractivity contribution < 1.29 is 4.79 Å². The SMILES string of the molecule is NC(=O)C1CCN(Cc2cccc3ccnn23)CC1. The second-order valence-corrected chi connectivity index (χ2v) is 5.14. The van der Waals surface area contributed by atoms with E-state index in [1.54, 1.807) is 0 Å². The Morgan fingerprint density at radius 3 is 2.84 bits per heavy atom. The molecule has 1 amide bonds. The van der Waals surface area contributed by atoms with E-state index in [1.165, 1.54) is 5.69 Å². The molecule has 0 saturated carbocycles. The number of carbonyl (C=O) groups excluding carboxylic acids is 1. The summed E-state index contributed by atoms with van der Waals surface area (Å²) in [6.07, 6.45) is 3.55. The Bertz CT molecular complexity index is 584. The maximum Gasteiger partial charge on any atom is 0.220 e. The van der Waals surface area contributed by atoms with Crippen molar-refractivity contribution in [3.63, 3.8) is 0 Å². The molecule has 3 heterocycles. The van der Waals surface area contributed by atoms with Crippen LogP contribution < -0.4 is 5.73 Å². The third kappa shape index (κ3) is 2.46. The Labute approximate surface area is 112 Å². The minimum Gasteiger partial charge on any atom is -0.369 e. The lowest BCUT2D eigenvalue weighted by Gasteiger charge is -2.30. The van der Waals surface area contributed by atoms with Gasteiger partial charge in [0.2, 0.25) is 5.91 Å². The molecule has 5 heteroatoms. The van der Waals surface area contributed by atoms with Crippen molar-refractivity contribution in [2.24, 2.45) is 11.7 Å². The molecule has 2 N–H and O–H groups in total. The molecular formula is C14H18N4O. The molecule has 0 aromatic carbocycles. The molecule has 100 valence electrons. The molecule has 5 nitrogen and oxygen atoms in total. The third-order valence-corrected chi connectivity index (χ3v) is 3.88. The molecule has 3 rings (SSSR count). The molecule has 1 aliphatic rings. The van der Waals surface area contributed by atoms with Crippen molar-refractivity contribution in [2.75, 3.05) is 13.1 Å². The molecule has 2 aromatic heterocycles. The van der Waals surface area contributed by atoms with Crippen LogP contribution in [-0.4, -0.2) is 33.5 Å². The van der Waals surface area contributed by atoms with Crippen molar-refractivity contribution in [1.29, 1.82) is 0 Å². The zero-order valence-electron chi connectivity index (χ0n) is 10.8. The van der Waals surface area contributed by atoms with Crippen LogP contribution in [0, 0.1) is 5.92 Å². The summed E-state index contributed by atoms with van der Waals surface area (Å²) in [6, 6.07) is 8.21. The molecule has 1 saturated heterocycles. The van der Waals surface area contributed by atoms with Crippen LogP contribution in [0.5, 0.6) is 0 Å². The van der Waals surface area contributed by atoms with E-state index >= 15 is 0 Å². The van der Waals surface area contributed by atoms with Crippen molar-refractivity contribution in [3.8, 4) is 0 Å². The fourth-order valence-corrected chi connectivity index (χ4v) is 2.73. The highest BCUT2D eigenvalue weighted by Crippen LogP contribution is 2.18. The number of hydrogen-bond acceptors (Lipinski definition) is 3. The Morgan fingerprint density at radius 2 is 2.11 bits per heavy atom. The highest BCUT2D eigenvalue weighted by Gasteiger charge is 2.23. The molecule has 0 spiro atoms. The maximum absolute atomic E-state index is 11.1. The number of primary amides is 1. The third-order valence-electron chi connectivity index (χ3n) is 3.88. The van der Waals surface area contributed by atoms with E-state index < -0.39 is 0 Å². The Kier molecular flexibility index (Phi) is 3.21. The quantitative estimate of drug-likeness (QED) is 0.894. The summed E-state index contributed by atoms with van der Waals surface area (Å²) in [7, 11) is 0. The lowest BCUT2D eigenvalue weighted by Crippen LogP contribution is -2.38. The normalized spacial score (nSPS) is 17.9. The van der Waals surface area contributed by atoms with Gasteiger partial charge in [0.1, 0.15) is 0 Å². The summed E-state index contributed by atoms with van der Waals surface area (Å²) in [6.45, 7) is 2.71. The van der Waals surface area contributed by atoms with Crippen LogP contribution in [0.4, 0.5) is 0 Å². The summed E-state index contributed by atoms with van der Waals surface area (Å²) < 4.78 is 1.97. The molecule has 0 radical (unpaired) electrons. The second-order valence-electron chi connectivity index (χ2n) is 5.14. The van der Waals surface area contributed by atoms with Crippen LogP contribution in [0.25, 0.3) is 5.52 Å². The van der Waals surface area contributed by atoms with Crippen LogP contribution in [0.3, 0.4) is 0 Å². The number of carbonyl (C=O) groups is 1. The number of aromatic nitrogens is 2. The zero-order valence-corrected chi connectivity index (χ0v) is 10.8. The van der Waals surface area contributed by atoms with Crippen LogP contribution in [0.1, 0.15) is 18.5 Å². The standard InChI is InChI=1S/C14H18N4O/c15-14(19)11-5-8-17(9-6-11)10-13-3-1-2-12-4-7-16-18(12)13/h1-4,7,11H,5-6,8-10H2,(H2,15,19). The Morgan fingerprint density at radius 1 is 1.32 bits per heavy atom. The molecule has 0 aliphatic carbocycles. The first kappa shape index (κ1) is 12.2. The van der Waals surface area contributed by atoms with E-state index in [0.717, 1.165) is 38.0 Å². The van der Waals surface area contributed by atoms with Gasteiger partial charge in [-0.1, -0.05) is 6.07 Å². The second kappa shape index (κ2) is 5.01. The zero-order chi connectivity index (χ0) is 13.2. The monoisotopic (exact) mass is 258 g/mol. The van der Waals surface area contributed by atoms with Gasteiger partial charge >= 0.3 is 0 Å². The summed E-state index contributed by atoms with van der Waals surface area (Å²) in [5, 5.41) is 4.34. The van der Waals surface area contributed by atoms with Crippen LogP contribution in [0.15, 0.2) is 30.5 Å². The van der Waals surface area contributed by atoms with Crippen molar-refractivity contribution in [3.05, 3.63) is 36.2 Å². The molecule has 2 aromatic rings. The van der Waals surface area contributed by atoms with Gasteiger partial charge in [-0.2, -0.15) is 5.10 Å². The van der Waals surface area contributed by atoms with Gasteiger partial charge in [0.25, 0.3) is 0 Å². The molecule has 19 heavy (non-hydrogen) atoms. The average Bonchev–Trinajstić information content (AvgIpc) is 2.89. The van der Waals surface area contributed by atoms with Crippen molar-refractivity contribution in [1.82, 2.24) is 14.5 Å². The number of nitrogens with two attached hydrogens (primary N) is 1. The van der Waals surface area contributed by atoms with Crippen LogP contribution in [-0.2, 0) is 11.3 Å². The maximum atomic E-state index is 11.1. The minimum absolute atomic E-state index is 0.0525. The minimum atomic E-state index is -0.158. The number of hydrogen-bond donors (Lipinski definition) is 1. The van der Waals surface area contributed by atoms with E-state index in [2.05, 4.69) is 28.2 Å². The Balaban J connectivity index is 1.69. The number of likely N-dealkylation sites (tertiary alicyclic amines) is 1. The van der Waals surface area contributed by atoms with Gasteiger partial charge in [0.05, 0.1) is 11.2 Å². The van der Waals surface area contributed by atoms with Gasteiger partial charge in [0, 0.05) is 18.7 Å². The van der Waals surface area contributed by atoms with Gasteiger partial charge in [-0.3, -0.25) is 9.69 Å². The molecule has 0 bridgehead atoms. The van der Waals surface area contributed by atoms with Gasteiger partial charge in [-0.05, 0) is 44.1 Å². The summed E-state index contributed by atoms with van der Waals surface area (Å²) >= 11 is 0. The fourth-order valence-electron chi connectivity index (χ4n) is 2.73. The molecule has 1 aliphatic heterocycles. The van der Waals surface area contributed by atoms with E-state index in [1.807, 2.05) is 16.8 Å². The van der Waals surface area contributed by atoms with E-state index in [4.69, 9.17) is 5.73 Å². The average molecular weight is 258 g/mol. The van der Waals surface area contributed by atoms with E-state index in [9.17, 15) is 4.79 Å². The largest absolute Gasteiger partial charge is 0.369 e. The first-order chi connectivity index (χ1) is 9.24. The van der Waals surface area contributed by atoms with Gasteiger partial charge in [-0.25, -0.2) is 4.52 Å². The molecule has 0 atom stereocenters. The number of piperidine rings is 1. The first-order valence-corrected chi connectivity index (χ1v) is 6.67.